The molecule has 0 aromatic heterocycles. The van der Waals surface area contributed by atoms with Gasteiger partial charge in [-0.05, 0) is 80.9 Å². The van der Waals surface area contributed by atoms with E-state index in [4.69, 9.17) is 4.74 Å². The van der Waals surface area contributed by atoms with E-state index < -0.39 is 6.10 Å². The minimum absolute atomic E-state index is 0.0441. The van der Waals surface area contributed by atoms with E-state index in [0.717, 1.165) is 18.6 Å². The van der Waals surface area contributed by atoms with Crippen LogP contribution in [0, 0.1) is 11.7 Å². The lowest BCUT2D eigenvalue weighted by Crippen LogP contribution is -2.58. The number of halogens is 1. The lowest BCUT2D eigenvalue weighted by Gasteiger charge is -2.44. The second kappa shape index (κ2) is 9.79. The van der Waals surface area contributed by atoms with Crippen molar-refractivity contribution in [3.05, 3.63) is 65.5 Å². The van der Waals surface area contributed by atoms with Crippen LogP contribution in [0.25, 0.3) is 0 Å². The highest BCUT2D eigenvalue weighted by atomic mass is 19.1. The molecule has 2 aliphatic rings. The second-order valence-corrected chi connectivity index (χ2v) is 8.58. The molecule has 32 heavy (non-hydrogen) atoms. The van der Waals surface area contributed by atoms with Crippen molar-refractivity contribution in [1.29, 1.82) is 0 Å². The van der Waals surface area contributed by atoms with Crippen molar-refractivity contribution in [1.82, 2.24) is 9.80 Å². The average molecular weight is 441 g/mol. The fourth-order valence-electron chi connectivity index (χ4n) is 4.72. The van der Waals surface area contributed by atoms with Crippen LogP contribution in [-0.2, 0) is 0 Å². The fourth-order valence-corrected chi connectivity index (χ4v) is 4.72. The summed E-state index contributed by atoms with van der Waals surface area (Å²) in [5, 5.41) is 10.6. The molecule has 2 aromatic rings. The number of amides is 1. The van der Waals surface area contributed by atoms with Gasteiger partial charge in [-0.15, -0.1) is 0 Å². The summed E-state index contributed by atoms with van der Waals surface area (Å²) in [4.78, 5) is 29.7. The highest BCUT2D eigenvalue weighted by Gasteiger charge is 2.37. The largest absolute Gasteiger partial charge is 0.497 e. The van der Waals surface area contributed by atoms with Gasteiger partial charge in [-0.2, -0.15) is 0 Å². The summed E-state index contributed by atoms with van der Waals surface area (Å²) in [6, 6.07) is 12.6. The Bertz CT molecular complexity index is 939. The number of piperidine rings is 2. The number of likely N-dealkylation sites (tertiary alicyclic amines) is 2. The molecule has 0 aliphatic carbocycles. The van der Waals surface area contributed by atoms with E-state index in [2.05, 4.69) is 4.90 Å². The van der Waals surface area contributed by atoms with Crippen molar-refractivity contribution in [3.8, 4) is 5.75 Å². The summed E-state index contributed by atoms with van der Waals surface area (Å²) in [6.45, 7) is 2.30. The highest BCUT2D eigenvalue weighted by Crippen LogP contribution is 2.27. The number of methoxy groups -OCH3 is 1. The molecule has 0 unspecified atom stereocenters. The number of carbonyl (C=O) groups is 2. The van der Waals surface area contributed by atoms with Gasteiger partial charge >= 0.3 is 0 Å². The number of nitrogens with zero attached hydrogens (tertiary/aromatic N) is 2. The van der Waals surface area contributed by atoms with Gasteiger partial charge in [0, 0.05) is 30.1 Å². The van der Waals surface area contributed by atoms with E-state index in [0.29, 0.717) is 43.7 Å². The molecule has 2 aliphatic heterocycles. The topological polar surface area (TPSA) is 70.1 Å². The quantitative estimate of drug-likeness (QED) is 0.724. The van der Waals surface area contributed by atoms with Gasteiger partial charge in [0.2, 0.25) is 0 Å². The minimum Gasteiger partial charge on any atom is -0.497 e. The third kappa shape index (κ3) is 4.84. The van der Waals surface area contributed by atoms with Crippen molar-refractivity contribution in [2.45, 2.75) is 31.4 Å². The summed E-state index contributed by atoms with van der Waals surface area (Å²) in [6.07, 6.45) is 1.43. The number of hydrogen-bond donors (Lipinski definition) is 1. The van der Waals surface area contributed by atoms with Crippen LogP contribution in [0.4, 0.5) is 4.39 Å². The molecule has 1 N–H and O–H groups in total. The molecular weight excluding hydrogens is 411 g/mol. The van der Waals surface area contributed by atoms with Crippen LogP contribution in [0.2, 0.25) is 0 Å². The standard InChI is InChI=1S/C25H29FN2O4/c1-32-21-8-4-17(5-9-21)24(30)18-10-13-27(14-11-18)22-16-28(15-12-23(22)29)25(31)19-2-6-20(26)7-3-19/h2-9,18,22-23,29H,10-16H2,1H3/t22-,23-/m1/s1. The van der Waals surface area contributed by atoms with Gasteiger partial charge in [0.1, 0.15) is 11.6 Å². The zero-order valence-corrected chi connectivity index (χ0v) is 18.2. The molecule has 0 spiro atoms. The van der Waals surface area contributed by atoms with Gasteiger partial charge in [-0.25, -0.2) is 4.39 Å². The molecule has 1 amide bonds. The molecular formula is C25H29FN2O4. The molecule has 2 atom stereocenters. The van der Waals surface area contributed by atoms with Gasteiger partial charge in [-0.3, -0.25) is 14.5 Å². The maximum atomic E-state index is 13.2. The zero-order valence-electron chi connectivity index (χ0n) is 18.2. The second-order valence-electron chi connectivity index (χ2n) is 8.58. The predicted molar refractivity (Wildman–Crippen MR) is 118 cm³/mol. The number of aliphatic hydroxyl groups excluding tert-OH is 1. The molecule has 2 heterocycles. The third-order valence-electron chi connectivity index (χ3n) is 6.67. The Morgan fingerprint density at radius 1 is 0.938 bits per heavy atom. The predicted octanol–water partition coefficient (Wildman–Crippen LogP) is 3.00. The van der Waals surface area contributed by atoms with E-state index in [1.165, 1.54) is 24.3 Å². The SMILES string of the molecule is COc1ccc(C(=O)C2CCN([C@@H]3CN(C(=O)c4ccc(F)cc4)CC[C@H]3O)CC2)cc1. The summed E-state index contributed by atoms with van der Waals surface area (Å²) < 4.78 is 18.3. The zero-order chi connectivity index (χ0) is 22.7. The molecule has 2 fully saturated rings. The molecule has 6 nitrogen and oxygen atoms in total. The van der Waals surface area contributed by atoms with E-state index in [9.17, 15) is 19.1 Å². The van der Waals surface area contributed by atoms with Gasteiger partial charge < -0.3 is 14.7 Å². The Kier molecular flexibility index (Phi) is 6.86. The van der Waals surface area contributed by atoms with E-state index in [1.54, 1.807) is 36.3 Å². The molecule has 0 radical (unpaired) electrons. The molecule has 170 valence electrons. The van der Waals surface area contributed by atoms with Crippen LogP contribution in [-0.4, -0.2) is 72.0 Å². The molecule has 7 heteroatoms. The minimum atomic E-state index is -0.513. The van der Waals surface area contributed by atoms with E-state index in [-0.39, 0.29) is 29.5 Å². The van der Waals surface area contributed by atoms with Crippen LogP contribution in [0.5, 0.6) is 5.75 Å². The van der Waals surface area contributed by atoms with Gasteiger partial charge in [0.15, 0.2) is 5.78 Å². The Labute approximate surface area is 187 Å². The lowest BCUT2D eigenvalue weighted by molar-refractivity contribution is -0.0175. The number of rotatable bonds is 5. The number of benzene rings is 2. The summed E-state index contributed by atoms with van der Waals surface area (Å²) >= 11 is 0. The van der Waals surface area contributed by atoms with Crippen LogP contribution in [0.3, 0.4) is 0 Å². The Balaban J connectivity index is 1.36. The van der Waals surface area contributed by atoms with Gasteiger partial charge in [0.25, 0.3) is 5.91 Å². The molecule has 0 bridgehead atoms. The van der Waals surface area contributed by atoms with Gasteiger partial charge in [0.05, 0.1) is 19.3 Å². The van der Waals surface area contributed by atoms with Crippen molar-refractivity contribution in [2.75, 3.05) is 33.3 Å². The molecule has 4 rings (SSSR count). The first-order valence-electron chi connectivity index (χ1n) is 11.1. The normalized spacial score (nSPS) is 22.5. The maximum absolute atomic E-state index is 13.2. The summed E-state index contributed by atoms with van der Waals surface area (Å²) in [7, 11) is 1.60. The first-order chi connectivity index (χ1) is 15.5. The summed E-state index contributed by atoms with van der Waals surface area (Å²) in [5.41, 5.74) is 1.14. The lowest BCUT2D eigenvalue weighted by atomic mass is 9.87. The smallest absolute Gasteiger partial charge is 0.253 e. The van der Waals surface area contributed by atoms with Crippen LogP contribution in [0.15, 0.2) is 48.5 Å². The average Bonchev–Trinajstić information content (AvgIpc) is 2.84. The number of aliphatic hydroxyl groups is 1. The number of carbonyl (C=O) groups excluding carboxylic acids is 2. The number of Topliss-reactive ketones (excluding diaryl/α,β-unsaturated/α-hetero) is 1. The van der Waals surface area contributed by atoms with Gasteiger partial charge in [-0.1, -0.05) is 0 Å². The first-order valence-corrected chi connectivity index (χ1v) is 11.1. The first kappa shape index (κ1) is 22.4. The van der Waals surface area contributed by atoms with Crippen molar-refractivity contribution in [3.63, 3.8) is 0 Å². The van der Waals surface area contributed by atoms with Crippen LogP contribution >= 0.6 is 0 Å². The molecule has 0 saturated carbocycles. The monoisotopic (exact) mass is 440 g/mol. The Morgan fingerprint density at radius 3 is 2.19 bits per heavy atom. The van der Waals surface area contributed by atoms with Crippen LogP contribution in [0.1, 0.15) is 40.0 Å². The Morgan fingerprint density at radius 2 is 1.56 bits per heavy atom. The third-order valence-corrected chi connectivity index (χ3v) is 6.67. The molecule has 2 saturated heterocycles. The van der Waals surface area contributed by atoms with E-state index >= 15 is 0 Å². The summed E-state index contributed by atoms with van der Waals surface area (Å²) in [5.74, 6) is 0.302. The maximum Gasteiger partial charge on any atom is 0.253 e. The number of hydrogen-bond acceptors (Lipinski definition) is 5. The van der Waals surface area contributed by atoms with Crippen molar-refractivity contribution in [2.24, 2.45) is 5.92 Å². The highest BCUT2D eigenvalue weighted by molar-refractivity contribution is 5.98. The van der Waals surface area contributed by atoms with Crippen molar-refractivity contribution >= 4 is 11.7 Å². The Hall–Kier alpha value is -2.77. The number of ether oxygens (including phenoxy) is 1. The fraction of sp³-hybridized carbons (Fsp3) is 0.440. The van der Waals surface area contributed by atoms with Crippen molar-refractivity contribution < 1.29 is 23.8 Å². The molecule has 2 aromatic carbocycles. The van der Waals surface area contributed by atoms with E-state index in [1.807, 2.05) is 0 Å². The number of ketones is 1. The van der Waals surface area contributed by atoms with Crippen LogP contribution < -0.4 is 4.74 Å².